The average molecular weight is 1690 g/mol. The molecule has 646 valence electrons. The molecule has 2 saturated carbocycles. The number of aromatic nitrogens is 10. The summed E-state index contributed by atoms with van der Waals surface area (Å²) in [6.07, 6.45) is 12.2. The molecule has 11 aromatic carbocycles. The van der Waals surface area contributed by atoms with Crippen molar-refractivity contribution >= 4 is 0 Å². The molecule has 0 saturated heterocycles. The molecule has 4 atom stereocenters. The van der Waals surface area contributed by atoms with Gasteiger partial charge in [-0.1, -0.05) is 275 Å². The predicted octanol–water partition coefficient (Wildman–Crippen LogP) is 25.9. The summed E-state index contributed by atoms with van der Waals surface area (Å²) >= 11 is 0. The molecule has 0 spiro atoms. The predicted molar refractivity (Wildman–Crippen MR) is 523 cm³/mol. The maximum Gasteiger partial charge on any atom is 0.260 e. The lowest BCUT2D eigenvalue weighted by Gasteiger charge is -2.36. The van der Waals surface area contributed by atoms with Crippen LogP contribution in [0.25, 0.3) is 84.7 Å². The van der Waals surface area contributed by atoms with E-state index < -0.39 is 6.02 Å². The average Bonchev–Trinajstić information content (AvgIpc) is 1.54. The van der Waals surface area contributed by atoms with Gasteiger partial charge in [-0.15, -0.1) is 0 Å². The summed E-state index contributed by atoms with van der Waals surface area (Å²) in [7, 11) is 0. The van der Waals surface area contributed by atoms with Crippen LogP contribution in [0.4, 0.5) is 0 Å². The van der Waals surface area contributed by atoms with Crippen LogP contribution in [0.3, 0.4) is 0 Å². The number of rotatable bonds is 8. The Hall–Kier alpha value is -12.5. The second-order valence-corrected chi connectivity index (χ2v) is 38.6. The Labute approximate surface area is 761 Å². The van der Waals surface area contributed by atoms with Gasteiger partial charge in [-0.25, -0.2) is 22.8 Å². The van der Waals surface area contributed by atoms with Crippen molar-refractivity contribution in [2.24, 2.45) is 11.8 Å². The molecule has 5 aromatic heterocycles. The van der Waals surface area contributed by atoms with E-state index in [0.717, 1.165) is 17.3 Å². The Kier molecular flexibility index (Phi) is 21.3. The van der Waals surface area contributed by atoms with Crippen LogP contribution in [0, 0.1) is 116 Å². The van der Waals surface area contributed by atoms with Crippen molar-refractivity contribution in [2.75, 3.05) is 0 Å². The number of para-hydroxylation sites is 5. The second kappa shape index (κ2) is 32.6. The van der Waals surface area contributed by atoms with Gasteiger partial charge in [-0.3, -0.25) is 0 Å². The highest BCUT2D eigenvalue weighted by atomic mass is 15.3. The van der Waals surface area contributed by atoms with Crippen LogP contribution in [0.5, 0.6) is 0 Å². The summed E-state index contributed by atoms with van der Waals surface area (Å²) in [5.41, 5.74) is 40.9. The zero-order chi connectivity index (χ0) is 90.4. The normalized spacial score (nSPS) is 19.1. The van der Waals surface area contributed by atoms with Gasteiger partial charge >= 0.3 is 0 Å². The molecule has 128 heavy (non-hydrogen) atoms. The van der Waals surface area contributed by atoms with Gasteiger partial charge in [-0.2, -0.15) is 22.8 Å². The van der Waals surface area contributed by atoms with Crippen LogP contribution >= 0.6 is 0 Å². The highest BCUT2D eigenvalue weighted by Gasteiger charge is 2.57. The molecule has 7 aliphatic rings. The van der Waals surface area contributed by atoms with Gasteiger partial charge in [0.15, 0.2) is 62.5 Å². The number of hydrogen-bond acceptors (Lipinski definition) is 0. The lowest BCUT2D eigenvalue weighted by Crippen LogP contribution is -2.58. The maximum atomic E-state index is 8.97. The van der Waals surface area contributed by atoms with E-state index in [1.807, 2.05) is 13.0 Å². The SMILES string of the molecule is Cc1ccccc1-n1c(C)c2[n+](c1C)C(C)(C)c1ccccc1-2.Cc1ccccc1-n1c(C)c2[n+](c1C)C(C)(C1CCCC1)c1ccccc1-2.Cc1ccccc1-n1c(C)c2[n+](c1C)C(C)(C1CCCCC1)c1ccccc1-2.Cc1ccccc1-n1c(C)c2[n+](c1C)C(C)(c1ccccc1)c1ccccc1-2.[2H]C1(C)c2ccccc2-c2c(C)n(-c3ccccc3C)c(C)[n+]21. The van der Waals surface area contributed by atoms with E-state index in [1.54, 1.807) is 0 Å². The van der Waals surface area contributed by atoms with Gasteiger partial charge in [0.05, 0.1) is 1.37 Å². The van der Waals surface area contributed by atoms with Crippen LogP contribution in [0.15, 0.2) is 273 Å². The van der Waals surface area contributed by atoms with Crippen molar-refractivity contribution in [1.29, 1.82) is 0 Å². The molecule has 4 unspecified atom stereocenters. The number of imidazole rings is 5. The molecule has 10 heterocycles. The largest absolute Gasteiger partial charge is 0.260 e. The van der Waals surface area contributed by atoms with Gasteiger partial charge in [0.25, 0.3) is 29.1 Å². The summed E-state index contributed by atoms with van der Waals surface area (Å²) in [4.78, 5) is 0. The van der Waals surface area contributed by atoms with Crippen molar-refractivity contribution < 1.29 is 24.2 Å². The van der Waals surface area contributed by atoms with E-state index in [-0.39, 0.29) is 22.2 Å². The Bertz CT molecular complexity index is 6960. The topological polar surface area (TPSA) is 44.0 Å². The first-order valence-corrected chi connectivity index (χ1v) is 47.1. The molecule has 2 aliphatic carbocycles. The second-order valence-electron chi connectivity index (χ2n) is 38.6. The van der Waals surface area contributed by atoms with Crippen molar-refractivity contribution in [2.45, 2.75) is 231 Å². The minimum absolute atomic E-state index is 0.0191. The number of fused-ring (bicyclic) bond motifs is 15. The highest BCUT2D eigenvalue weighted by Crippen LogP contribution is 2.53. The molecule has 2 fully saturated rings. The fraction of sp³-hybridized carbons (Fsp3) is 0.314. The van der Waals surface area contributed by atoms with E-state index in [9.17, 15) is 0 Å². The zero-order valence-electron chi connectivity index (χ0n) is 80.5. The van der Waals surface area contributed by atoms with Crippen molar-refractivity contribution in [3.63, 3.8) is 0 Å². The van der Waals surface area contributed by atoms with Crippen LogP contribution < -0.4 is 22.8 Å². The molecule has 10 nitrogen and oxygen atoms in total. The van der Waals surface area contributed by atoms with Crippen LogP contribution in [0.1, 0.15) is 226 Å². The molecular formula is C118H129N10+5. The third-order valence-electron chi connectivity index (χ3n) is 31.3. The number of benzene rings is 11. The molecule has 10 heteroatoms. The first kappa shape index (κ1) is 83.7. The molecule has 0 bridgehead atoms. The minimum Gasteiger partial charge on any atom is -0.220 e. The van der Waals surface area contributed by atoms with Crippen molar-refractivity contribution in [1.82, 2.24) is 22.8 Å². The number of nitrogens with zero attached hydrogens (tertiary/aromatic N) is 10. The summed E-state index contributed by atoms with van der Waals surface area (Å²) in [6, 6.07) is 97.6. The zero-order valence-corrected chi connectivity index (χ0v) is 79.5. The molecule has 0 amide bonds. The summed E-state index contributed by atoms with van der Waals surface area (Å²) in [5, 5.41) is 0. The van der Waals surface area contributed by atoms with Gasteiger partial charge < -0.3 is 0 Å². The summed E-state index contributed by atoms with van der Waals surface area (Å²) in [6.45, 7) is 47.4. The Balaban J connectivity index is 0.000000105. The minimum atomic E-state index is -0.769. The van der Waals surface area contributed by atoms with Gasteiger partial charge in [0.1, 0.15) is 51.1 Å². The van der Waals surface area contributed by atoms with E-state index in [1.165, 1.54) is 250 Å². The monoisotopic (exact) mass is 1690 g/mol. The Morgan fingerprint density at radius 2 is 0.539 bits per heavy atom. The van der Waals surface area contributed by atoms with Crippen molar-refractivity contribution in [3.8, 4) is 84.7 Å². The molecule has 16 aromatic rings. The standard InChI is InChI=1S/C26H31N2.C26H25N2.C25H29N2.C21H23N2.C20H21N2/c2*1-18-12-8-11-17-24(18)27-19(2)25-22-15-9-10-16-23(22)26(4,28(25)20(27)3)21-13-6-5-7-14-21;1-17-11-5-10-16-23(17)26-18(2)24-21-14-8-9-15-22(21)25(4,27(24)19(26)3)20-12-6-7-13-20;1-14-10-6-9-13-19(14)22-15(2)20-17-11-7-8-12-18(17)21(4,5)23(20)16(22)3;1-13-9-5-8-12-19(13)21-15(3)20-18-11-7-6-10-17(18)14(2)22(20)16(21)4/h8-12,15-17,21H,5-7,13-14H2,1-4H3;5-17H,1-4H3;5,8-11,14-16,20H,6-7,12-13H2,1-4H3;6-13H,1-5H3;5-12,14H,1-4H3/q5*+1/i;;;;14D. The van der Waals surface area contributed by atoms with Gasteiger partial charge in [0, 0.05) is 142 Å². The Morgan fingerprint density at radius 3 is 0.938 bits per heavy atom. The number of hydrogen-bond donors (Lipinski definition) is 0. The molecule has 0 radical (unpaired) electrons. The third kappa shape index (κ3) is 12.8. The van der Waals surface area contributed by atoms with Crippen LogP contribution in [0.2, 0.25) is 0 Å². The first-order chi connectivity index (χ1) is 62.0. The molecule has 5 aliphatic heterocycles. The smallest absolute Gasteiger partial charge is 0.220 e. The third-order valence-corrected chi connectivity index (χ3v) is 31.3. The van der Waals surface area contributed by atoms with E-state index in [0.29, 0.717) is 5.92 Å². The van der Waals surface area contributed by atoms with Crippen LogP contribution in [-0.4, -0.2) is 22.8 Å². The summed E-state index contributed by atoms with van der Waals surface area (Å²) in [5.74, 6) is 7.77. The Morgan fingerprint density at radius 1 is 0.266 bits per heavy atom. The van der Waals surface area contributed by atoms with E-state index >= 15 is 0 Å². The van der Waals surface area contributed by atoms with Gasteiger partial charge in [-0.05, 0) is 160 Å². The van der Waals surface area contributed by atoms with Crippen molar-refractivity contribution in [3.05, 3.63) is 392 Å². The van der Waals surface area contributed by atoms with E-state index in [2.05, 4.69) is 451 Å². The fourth-order valence-corrected chi connectivity index (χ4v) is 25.3. The maximum absolute atomic E-state index is 8.97. The summed E-state index contributed by atoms with van der Waals surface area (Å²) < 4.78 is 33.6. The van der Waals surface area contributed by atoms with Gasteiger partial charge in [0.2, 0.25) is 0 Å². The lowest BCUT2D eigenvalue weighted by molar-refractivity contribution is -0.749. The lowest BCUT2D eigenvalue weighted by atomic mass is 9.72. The molecule has 23 rings (SSSR count). The van der Waals surface area contributed by atoms with Crippen LogP contribution in [-0.2, 0) is 22.2 Å². The molecular weight excluding hydrogens is 1560 g/mol. The number of aryl methyl sites for hydroxylation is 5. The fourth-order valence-electron chi connectivity index (χ4n) is 25.3. The molecule has 0 N–H and O–H groups in total. The quantitative estimate of drug-likeness (QED) is 0.136. The first-order valence-electron chi connectivity index (χ1n) is 47.6. The van der Waals surface area contributed by atoms with E-state index in [4.69, 9.17) is 1.37 Å². The highest BCUT2D eigenvalue weighted by molar-refractivity contribution is 5.74.